The number of carbonyl (C=O) groups excluding carboxylic acids is 2. The Morgan fingerprint density at radius 2 is 2.19 bits per heavy atom. The molecule has 0 fully saturated rings. The van der Waals surface area contributed by atoms with E-state index in [1.807, 2.05) is 31.2 Å². The standard InChI is InChI=1S/C21H23NO4/c1-4-11-26-21(24)18-13(2)22-16-9-6-10-17(23)20(16)19(18)14-7-5-8-15(12-14)25-3/h4-5,7-8,12,18-19H,1,6,9-11H2,2-3H3/t18?,19-/m0/s1. The molecule has 2 atom stereocenters. The van der Waals surface area contributed by atoms with Crippen LogP contribution in [0.15, 0.2) is 53.2 Å². The zero-order chi connectivity index (χ0) is 18.7. The Balaban J connectivity index is 2.12. The van der Waals surface area contributed by atoms with Gasteiger partial charge in [-0.2, -0.15) is 0 Å². The Labute approximate surface area is 153 Å². The number of allylic oxidation sites excluding steroid dienone is 2. The molecule has 1 unspecified atom stereocenters. The van der Waals surface area contributed by atoms with Gasteiger partial charge in [-0.1, -0.05) is 24.8 Å². The maximum absolute atomic E-state index is 12.8. The summed E-state index contributed by atoms with van der Waals surface area (Å²) in [5.74, 6) is -0.655. The Kier molecular flexibility index (Phi) is 5.35. The van der Waals surface area contributed by atoms with Gasteiger partial charge in [0, 0.05) is 29.3 Å². The van der Waals surface area contributed by atoms with E-state index in [2.05, 4.69) is 11.6 Å². The van der Waals surface area contributed by atoms with Gasteiger partial charge in [-0.05, 0) is 37.5 Å². The predicted molar refractivity (Wildman–Crippen MR) is 99.4 cm³/mol. The fraction of sp³-hybridized carbons (Fsp3) is 0.381. The van der Waals surface area contributed by atoms with Crippen LogP contribution in [0.2, 0.25) is 0 Å². The highest BCUT2D eigenvalue weighted by Gasteiger charge is 2.43. The minimum Gasteiger partial charge on any atom is -0.497 e. The van der Waals surface area contributed by atoms with Gasteiger partial charge in [0.1, 0.15) is 18.3 Å². The number of nitrogens with zero attached hydrogens (tertiary/aromatic N) is 1. The van der Waals surface area contributed by atoms with E-state index < -0.39 is 11.8 Å². The molecular weight excluding hydrogens is 330 g/mol. The number of methoxy groups -OCH3 is 1. The van der Waals surface area contributed by atoms with E-state index in [1.165, 1.54) is 6.08 Å². The van der Waals surface area contributed by atoms with Crippen LogP contribution in [-0.4, -0.2) is 31.2 Å². The highest BCUT2D eigenvalue weighted by atomic mass is 16.5. The fourth-order valence-corrected chi connectivity index (χ4v) is 3.74. The predicted octanol–water partition coefficient (Wildman–Crippen LogP) is 3.61. The van der Waals surface area contributed by atoms with E-state index in [0.717, 1.165) is 24.1 Å². The minimum atomic E-state index is -0.622. The molecule has 26 heavy (non-hydrogen) atoms. The van der Waals surface area contributed by atoms with Gasteiger partial charge in [0.2, 0.25) is 0 Å². The monoisotopic (exact) mass is 353 g/mol. The van der Waals surface area contributed by atoms with Crippen molar-refractivity contribution >= 4 is 17.5 Å². The van der Waals surface area contributed by atoms with Crippen molar-refractivity contribution in [3.05, 3.63) is 53.8 Å². The highest BCUT2D eigenvalue weighted by Crippen LogP contribution is 2.44. The minimum absolute atomic E-state index is 0.0665. The molecule has 0 aromatic heterocycles. The van der Waals surface area contributed by atoms with Crippen molar-refractivity contribution < 1.29 is 19.1 Å². The van der Waals surface area contributed by atoms with Gasteiger partial charge in [-0.3, -0.25) is 14.6 Å². The molecule has 1 aliphatic heterocycles. The number of benzene rings is 1. The maximum atomic E-state index is 12.8. The van der Waals surface area contributed by atoms with E-state index in [-0.39, 0.29) is 18.4 Å². The van der Waals surface area contributed by atoms with Gasteiger partial charge in [0.05, 0.1) is 7.11 Å². The largest absolute Gasteiger partial charge is 0.497 e. The number of aliphatic imine (C=N–C) groups is 1. The average molecular weight is 353 g/mol. The average Bonchev–Trinajstić information content (AvgIpc) is 2.65. The molecule has 5 heteroatoms. The van der Waals surface area contributed by atoms with Crippen molar-refractivity contribution in [3.8, 4) is 5.75 Å². The van der Waals surface area contributed by atoms with Crippen LogP contribution in [0.4, 0.5) is 0 Å². The summed E-state index contributed by atoms with van der Waals surface area (Å²) in [6.45, 7) is 5.55. The molecule has 136 valence electrons. The molecule has 0 bridgehead atoms. The van der Waals surface area contributed by atoms with E-state index in [9.17, 15) is 9.59 Å². The van der Waals surface area contributed by atoms with Crippen LogP contribution in [-0.2, 0) is 14.3 Å². The van der Waals surface area contributed by atoms with Crippen LogP contribution in [0, 0.1) is 5.92 Å². The smallest absolute Gasteiger partial charge is 0.315 e. The Morgan fingerprint density at radius 3 is 2.92 bits per heavy atom. The molecule has 0 N–H and O–H groups in total. The van der Waals surface area contributed by atoms with Crippen molar-refractivity contribution in [2.75, 3.05) is 13.7 Å². The molecule has 1 aromatic carbocycles. The third kappa shape index (κ3) is 3.34. The lowest BCUT2D eigenvalue weighted by Gasteiger charge is -2.34. The summed E-state index contributed by atoms with van der Waals surface area (Å²) in [4.78, 5) is 30.1. The summed E-state index contributed by atoms with van der Waals surface area (Å²) >= 11 is 0. The molecule has 0 spiro atoms. The normalized spacial score (nSPS) is 22.4. The fourth-order valence-electron chi connectivity index (χ4n) is 3.74. The first-order chi connectivity index (χ1) is 12.6. The van der Waals surface area contributed by atoms with Crippen LogP contribution in [0.1, 0.15) is 37.7 Å². The zero-order valence-corrected chi connectivity index (χ0v) is 15.2. The molecule has 5 nitrogen and oxygen atoms in total. The van der Waals surface area contributed by atoms with Crippen LogP contribution < -0.4 is 4.74 Å². The molecule has 1 heterocycles. The molecule has 3 rings (SSSR count). The number of ketones is 1. The quantitative estimate of drug-likeness (QED) is 0.599. The summed E-state index contributed by atoms with van der Waals surface area (Å²) in [5.41, 5.74) is 3.00. The summed E-state index contributed by atoms with van der Waals surface area (Å²) in [6.07, 6.45) is 3.57. The first-order valence-corrected chi connectivity index (χ1v) is 8.79. The lowest BCUT2D eigenvalue weighted by Crippen LogP contribution is -2.37. The Bertz CT molecular complexity index is 806. The second kappa shape index (κ2) is 7.68. The number of carbonyl (C=O) groups is 2. The number of hydrogen-bond acceptors (Lipinski definition) is 5. The van der Waals surface area contributed by atoms with Crippen molar-refractivity contribution in [2.24, 2.45) is 10.9 Å². The Morgan fingerprint density at radius 1 is 1.38 bits per heavy atom. The van der Waals surface area contributed by atoms with E-state index in [1.54, 1.807) is 7.11 Å². The molecule has 0 amide bonds. The van der Waals surface area contributed by atoms with Crippen LogP contribution in [0.3, 0.4) is 0 Å². The van der Waals surface area contributed by atoms with Gasteiger partial charge >= 0.3 is 5.97 Å². The third-order valence-corrected chi connectivity index (χ3v) is 4.88. The number of ether oxygens (including phenoxy) is 2. The zero-order valence-electron chi connectivity index (χ0n) is 15.2. The molecule has 0 saturated heterocycles. The number of Topliss-reactive ketones (excluding diaryl/α,β-unsaturated/α-hetero) is 1. The third-order valence-electron chi connectivity index (χ3n) is 4.88. The second-order valence-corrected chi connectivity index (χ2v) is 6.54. The number of esters is 1. The van der Waals surface area contributed by atoms with Crippen LogP contribution >= 0.6 is 0 Å². The molecule has 1 aromatic rings. The van der Waals surface area contributed by atoms with E-state index in [4.69, 9.17) is 9.47 Å². The molecule has 0 saturated carbocycles. The molecular formula is C21H23NO4. The van der Waals surface area contributed by atoms with Crippen LogP contribution in [0.25, 0.3) is 0 Å². The topological polar surface area (TPSA) is 65.0 Å². The Hall–Kier alpha value is -2.69. The first-order valence-electron chi connectivity index (χ1n) is 8.79. The van der Waals surface area contributed by atoms with Gasteiger partial charge < -0.3 is 9.47 Å². The molecule has 0 radical (unpaired) electrons. The van der Waals surface area contributed by atoms with Crippen molar-refractivity contribution in [3.63, 3.8) is 0 Å². The summed E-state index contributed by atoms with van der Waals surface area (Å²) < 4.78 is 10.7. The first kappa shape index (κ1) is 18.1. The van der Waals surface area contributed by atoms with E-state index in [0.29, 0.717) is 23.5 Å². The second-order valence-electron chi connectivity index (χ2n) is 6.54. The van der Waals surface area contributed by atoms with Gasteiger partial charge in [-0.25, -0.2) is 0 Å². The number of hydrogen-bond donors (Lipinski definition) is 0. The summed E-state index contributed by atoms with van der Waals surface area (Å²) in [5, 5.41) is 0. The lowest BCUT2D eigenvalue weighted by atomic mass is 9.72. The van der Waals surface area contributed by atoms with Crippen LogP contribution in [0.5, 0.6) is 5.75 Å². The summed E-state index contributed by atoms with van der Waals surface area (Å²) in [7, 11) is 1.60. The van der Waals surface area contributed by atoms with Gasteiger partial charge in [-0.15, -0.1) is 0 Å². The summed E-state index contributed by atoms with van der Waals surface area (Å²) in [6, 6.07) is 7.51. The van der Waals surface area contributed by atoms with E-state index >= 15 is 0 Å². The highest BCUT2D eigenvalue weighted by molar-refractivity contribution is 6.08. The van der Waals surface area contributed by atoms with Gasteiger partial charge in [0.15, 0.2) is 5.78 Å². The number of rotatable bonds is 5. The lowest BCUT2D eigenvalue weighted by molar-refractivity contribution is -0.145. The van der Waals surface area contributed by atoms with Crippen molar-refractivity contribution in [2.45, 2.75) is 32.1 Å². The molecule has 2 aliphatic rings. The SMILES string of the molecule is C=CCOC(=O)C1C(C)=NC2=C(C(=O)CCC2)[C@H]1c1cccc(OC)c1. The molecule has 1 aliphatic carbocycles. The van der Waals surface area contributed by atoms with Crippen molar-refractivity contribution in [1.82, 2.24) is 0 Å². The van der Waals surface area contributed by atoms with Crippen molar-refractivity contribution in [1.29, 1.82) is 0 Å². The van der Waals surface area contributed by atoms with Gasteiger partial charge in [0.25, 0.3) is 0 Å². The maximum Gasteiger partial charge on any atom is 0.315 e.